The number of fused-ring (bicyclic) bond motifs is 1. The molecule has 0 radical (unpaired) electrons. The van der Waals surface area contributed by atoms with Crippen LogP contribution in [0.5, 0.6) is 11.5 Å². The first kappa shape index (κ1) is 18.5. The summed E-state index contributed by atoms with van der Waals surface area (Å²) in [6, 6.07) is 17.6. The Morgan fingerprint density at radius 1 is 0.828 bits per heavy atom. The molecule has 2 amide bonds. The molecule has 4 rings (SSSR count). The second-order valence-electron chi connectivity index (χ2n) is 6.45. The number of amides is 2. The number of aromatic nitrogens is 1. The molecule has 1 aliphatic rings. The van der Waals surface area contributed by atoms with Crippen LogP contribution in [0.1, 0.15) is 32.0 Å². The fourth-order valence-electron chi connectivity index (χ4n) is 2.88. The predicted molar refractivity (Wildman–Crippen MR) is 106 cm³/mol. The van der Waals surface area contributed by atoms with Gasteiger partial charge in [0.25, 0.3) is 11.8 Å². The van der Waals surface area contributed by atoms with Crippen LogP contribution in [0.2, 0.25) is 0 Å². The average Bonchev–Trinajstić information content (AvgIpc) is 3.24. The van der Waals surface area contributed by atoms with Crippen LogP contribution in [0.3, 0.4) is 0 Å². The van der Waals surface area contributed by atoms with Gasteiger partial charge in [0.1, 0.15) is 0 Å². The van der Waals surface area contributed by atoms with E-state index in [2.05, 4.69) is 15.6 Å². The maximum absolute atomic E-state index is 12.4. The number of carbonyl (C=O) groups excluding carboxylic acids is 2. The van der Waals surface area contributed by atoms with Gasteiger partial charge in [-0.15, -0.1) is 0 Å². The van der Waals surface area contributed by atoms with E-state index in [0.717, 1.165) is 11.3 Å². The van der Waals surface area contributed by atoms with Gasteiger partial charge in [0.2, 0.25) is 6.79 Å². The smallest absolute Gasteiger partial charge is 0.251 e. The molecule has 0 aliphatic carbocycles. The molecule has 1 aromatic heterocycles. The lowest BCUT2D eigenvalue weighted by molar-refractivity contribution is 0.0939. The van der Waals surface area contributed by atoms with Crippen molar-refractivity contribution >= 4 is 11.8 Å². The van der Waals surface area contributed by atoms with E-state index in [0.29, 0.717) is 35.7 Å². The Balaban J connectivity index is 1.31. The number of rotatable bonds is 6. The van der Waals surface area contributed by atoms with E-state index in [9.17, 15) is 9.59 Å². The van der Waals surface area contributed by atoms with Crippen molar-refractivity contribution < 1.29 is 19.1 Å². The van der Waals surface area contributed by atoms with E-state index in [1.807, 2.05) is 36.4 Å². The van der Waals surface area contributed by atoms with E-state index in [1.165, 1.54) is 0 Å². The van der Waals surface area contributed by atoms with Gasteiger partial charge in [-0.3, -0.25) is 14.6 Å². The summed E-state index contributed by atoms with van der Waals surface area (Å²) in [5, 5.41) is 5.66. The van der Waals surface area contributed by atoms with Crippen molar-refractivity contribution in [3.8, 4) is 11.5 Å². The molecule has 2 aromatic carbocycles. The topological polar surface area (TPSA) is 89.5 Å². The lowest BCUT2D eigenvalue weighted by Crippen LogP contribution is -2.24. The Kier molecular flexibility index (Phi) is 5.38. The molecule has 0 fully saturated rings. The van der Waals surface area contributed by atoms with E-state index in [-0.39, 0.29) is 18.6 Å². The number of nitrogens with one attached hydrogen (secondary N) is 2. The van der Waals surface area contributed by atoms with Crippen LogP contribution in [0.4, 0.5) is 0 Å². The number of benzene rings is 2. The second kappa shape index (κ2) is 8.43. The summed E-state index contributed by atoms with van der Waals surface area (Å²) in [4.78, 5) is 28.8. The summed E-state index contributed by atoms with van der Waals surface area (Å²) >= 11 is 0. The lowest BCUT2D eigenvalue weighted by atomic mass is 10.1. The average molecular weight is 389 g/mol. The maximum atomic E-state index is 12.4. The van der Waals surface area contributed by atoms with Crippen LogP contribution in [-0.4, -0.2) is 23.6 Å². The standard InChI is InChI=1S/C22H19N3O4/c26-21(24-12-15-4-9-19-20(11-15)29-14-28-19)16-5-7-17(8-6-16)22(27)25-13-18-3-1-2-10-23-18/h1-11H,12-14H2,(H,24,26)(H,25,27). The van der Waals surface area contributed by atoms with Crippen molar-refractivity contribution in [3.63, 3.8) is 0 Å². The zero-order valence-corrected chi connectivity index (χ0v) is 15.6. The molecule has 2 N–H and O–H groups in total. The van der Waals surface area contributed by atoms with Crippen LogP contribution in [-0.2, 0) is 13.1 Å². The van der Waals surface area contributed by atoms with Crippen LogP contribution >= 0.6 is 0 Å². The second-order valence-corrected chi connectivity index (χ2v) is 6.45. The predicted octanol–water partition coefficient (Wildman–Crippen LogP) is 2.67. The first-order chi connectivity index (χ1) is 14.2. The minimum Gasteiger partial charge on any atom is -0.454 e. The minimum atomic E-state index is -0.219. The highest BCUT2D eigenvalue weighted by Crippen LogP contribution is 2.32. The highest BCUT2D eigenvalue weighted by atomic mass is 16.7. The summed E-state index contributed by atoms with van der Waals surface area (Å²) in [6.07, 6.45) is 1.68. The Labute approximate surface area is 167 Å². The van der Waals surface area contributed by atoms with Gasteiger partial charge in [-0.25, -0.2) is 0 Å². The van der Waals surface area contributed by atoms with Crippen molar-refractivity contribution in [2.45, 2.75) is 13.1 Å². The molecule has 0 spiro atoms. The number of hydrogen-bond donors (Lipinski definition) is 2. The molecule has 0 saturated heterocycles. The Hall–Kier alpha value is -3.87. The molecule has 7 nitrogen and oxygen atoms in total. The Bertz CT molecular complexity index is 1020. The summed E-state index contributed by atoms with van der Waals surface area (Å²) in [5.74, 6) is 0.945. The summed E-state index contributed by atoms with van der Waals surface area (Å²) < 4.78 is 10.6. The molecule has 3 aromatic rings. The minimum absolute atomic E-state index is 0.215. The normalized spacial score (nSPS) is 11.7. The van der Waals surface area contributed by atoms with Crippen LogP contribution < -0.4 is 20.1 Å². The van der Waals surface area contributed by atoms with Gasteiger partial charge in [0, 0.05) is 23.9 Å². The van der Waals surface area contributed by atoms with E-state index in [4.69, 9.17) is 9.47 Å². The number of pyridine rings is 1. The highest BCUT2D eigenvalue weighted by molar-refractivity contribution is 5.97. The third-order valence-electron chi connectivity index (χ3n) is 4.46. The van der Waals surface area contributed by atoms with Crippen LogP contribution in [0, 0.1) is 0 Å². The Morgan fingerprint density at radius 3 is 2.21 bits per heavy atom. The zero-order valence-electron chi connectivity index (χ0n) is 15.6. The monoisotopic (exact) mass is 389 g/mol. The maximum Gasteiger partial charge on any atom is 0.251 e. The van der Waals surface area contributed by atoms with Gasteiger partial charge in [-0.1, -0.05) is 12.1 Å². The van der Waals surface area contributed by atoms with Gasteiger partial charge in [-0.2, -0.15) is 0 Å². The molecule has 7 heteroatoms. The van der Waals surface area contributed by atoms with E-state index in [1.54, 1.807) is 30.5 Å². The van der Waals surface area contributed by atoms with E-state index < -0.39 is 0 Å². The van der Waals surface area contributed by atoms with Crippen molar-refractivity contribution in [2.75, 3.05) is 6.79 Å². The molecule has 1 aliphatic heterocycles. The van der Waals surface area contributed by atoms with Gasteiger partial charge in [0.05, 0.1) is 12.2 Å². The SMILES string of the molecule is O=C(NCc1ccc2c(c1)OCO2)c1ccc(C(=O)NCc2ccccn2)cc1. The van der Waals surface area contributed by atoms with Crippen LogP contribution in [0.25, 0.3) is 0 Å². The molecule has 0 unspecified atom stereocenters. The van der Waals surface area contributed by atoms with Gasteiger partial charge in [0.15, 0.2) is 11.5 Å². The molecule has 146 valence electrons. The summed E-state index contributed by atoms with van der Waals surface area (Å²) in [6.45, 7) is 0.923. The van der Waals surface area contributed by atoms with Crippen molar-refractivity contribution in [1.82, 2.24) is 15.6 Å². The third kappa shape index (κ3) is 4.52. The molecule has 0 saturated carbocycles. The van der Waals surface area contributed by atoms with Gasteiger partial charge in [-0.05, 0) is 54.1 Å². The number of hydrogen-bond acceptors (Lipinski definition) is 5. The molecule has 2 heterocycles. The fraction of sp³-hybridized carbons (Fsp3) is 0.136. The van der Waals surface area contributed by atoms with Crippen molar-refractivity contribution in [2.24, 2.45) is 0 Å². The van der Waals surface area contributed by atoms with Crippen LogP contribution in [0.15, 0.2) is 66.9 Å². The highest BCUT2D eigenvalue weighted by Gasteiger charge is 2.14. The van der Waals surface area contributed by atoms with Gasteiger partial charge < -0.3 is 20.1 Å². The first-order valence-electron chi connectivity index (χ1n) is 9.14. The molecule has 0 atom stereocenters. The van der Waals surface area contributed by atoms with Crippen molar-refractivity contribution in [1.29, 1.82) is 0 Å². The van der Waals surface area contributed by atoms with Crippen molar-refractivity contribution in [3.05, 3.63) is 89.2 Å². The number of ether oxygens (including phenoxy) is 2. The molecular weight excluding hydrogens is 370 g/mol. The fourth-order valence-corrected chi connectivity index (χ4v) is 2.88. The lowest BCUT2D eigenvalue weighted by Gasteiger charge is -2.08. The first-order valence-corrected chi connectivity index (χ1v) is 9.14. The summed E-state index contributed by atoms with van der Waals surface area (Å²) in [7, 11) is 0. The van der Waals surface area contributed by atoms with E-state index >= 15 is 0 Å². The zero-order chi connectivity index (χ0) is 20.1. The quantitative estimate of drug-likeness (QED) is 0.677. The number of carbonyl (C=O) groups is 2. The molecular formula is C22H19N3O4. The molecule has 29 heavy (non-hydrogen) atoms. The number of nitrogens with zero attached hydrogens (tertiary/aromatic N) is 1. The summed E-state index contributed by atoms with van der Waals surface area (Å²) in [5.41, 5.74) is 2.65. The largest absolute Gasteiger partial charge is 0.454 e. The molecule has 0 bridgehead atoms. The van der Waals surface area contributed by atoms with Gasteiger partial charge >= 0.3 is 0 Å². The Morgan fingerprint density at radius 2 is 1.52 bits per heavy atom. The third-order valence-corrected chi connectivity index (χ3v) is 4.46.